The third-order valence-electron chi connectivity index (χ3n) is 3.78. The van der Waals surface area contributed by atoms with Gasteiger partial charge in [-0.3, -0.25) is 9.59 Å². The minimum absolute atomic E-state index is 0.194. The van der Waals surface area contributed by atoms with E-state index in [1.165, 1.54) is 0 Å². The fourth-order valence-corrected chi connectivity index (χ4v) is 2.78. The molecular weight excluding hydrogens is 246 g/mol. The van der Waals surface area contributed by atoms with Crippen molar-refractivity contribution in [1.82, 2.24) is 5.32 Å². The highest BCUT2D eigenvalue weighted by Crippen LogP contribution is 2.36. The number of hydrogen-bond donors (Lipinski definition) is 2. The second-order valence-electron chi connectivity index (χ2n) is 5.37. The van der Waals surface area contributed by atoms with E-state index < -0.39 is 17.8 Å². The topological polar surface area (TPSA) is 79.5 Å². The molecule has 0 bridgehead atoms. The first-order valence-electron chi connectivity index (χ1n) is 6.55. The molecule has 4 atom stereocenters. The van der Waals surface area contributed by atoms with Crippen molar-refractivity contribution in [3.63, 3.8) is 0 Å². The molecule has 5 nitrogen and oxygen atoms in total. The number of hydrogen-bond acceptors (Lipinski definition) is 3. The molecule has 1 fully saturated rings. The molecule has 1 heterocycles. The van der Waals surface area contributed by atoms with E-state index >= 15 is 0 Å². The summed E-state index contributed by atoms with van der Waals surface area (Å²) < 4.78 is 5.22. The summed E-state index contributed by atoms with van der Waals surface area (Å²) in [6.07, 6.45) is 2.76. The van der Waals surface area contributed by atoms with E-state index in [4.69, 9.17) is 9.52 Å². The van der Waals surface area contributed by atoms with Crippen LogP contribution in [0.25, 0.3) is 0 Å². The van der Waals surface area contributed by atoms with E-state index in [1.807, 2.05) is 13.8 Å². The van der Waals surface area contributed by atoms with E-state index in [9.17, 15) is 9.59 Å². The Hall–Kier alpha value is -1.78. The second kappa shape index (κ2) is 5.47. The number of amides is 1. The maximum absolute atomic E-state index is 12.2. The molecule has 104 valence electrons. The Balaban J connectivity index is 2.01. The molecule has 1 saturated carbocycles. The van der Waals surface area contributed by atoms with E-state index in [-0.39, 0.29) is 17.9 Å². The average Bonchev–Trinajstić information content (AvgIpc) is 2.96. The fourth-order valence-electron chi connectivity index (χ4n) is 2.78. The van der Waals surface area contributed by atoms with Crippen molar-refractivity contribution in [3.05, 3.63) is 24.2 Å². The van der Waals surface area contributed by atoms with E-state index in [0.29, 0.717) is 18.6 Å². The normalized spacial score (nSPS) is 28.0. The molecule has 0 aliphatic heterocycles. The summed E-state index contributed by atoms with van der Waals surface area (Å²) in [7, 11) is 0. The van der Waals surface area contributed by atoms with Crippen LogP contribution in [-0.2, 0) is 9.59 Å². The molecule has 1 aromatic rings. The van der Waals surface area contributed by atoms with Crippen LogP contribution in [0.3, 0.4) is 0 Å². The molecule has 2 rings (SSSR count). The van der Waals surface area contributed by atoms with Gasteiger partial charge in [0.15, 0.2) is 0 Å². The van der Waals surface area contributed by atoms with Gasteiger partial charge < -0.3 is 14.8 Å². The van der Waals surface area contributed by atoms with Gasteiger partial charge >= 0.3 is 5.97 Å². The van der Waals surface area contributed by atoms with Crippen LogP contribution >= 0.6 is 0 Å². The van der Waals surface area contributed by atoms with Crippen LogP contribution in [-0.4, -0.2) is 17.0 Å². The number of carbonyl (C=O) groups is 2. The first-order valence-corrected chi connectivity index (χ1v) is 6.55. The van der Waals surface area contributed by atoms with Gasteiger partial charge in [0.25, 0.3) is 0 Å². The van der Waals surface area contributed by atoms with Gasteiger partial charge in [-0.1, -0.05) is 6.92 Å². The lowest BCUT2D eigenvalue weighted by Crippen LogP contribution is -2.36. The summed E-state index contributed by atoms with van der Waals surface area (Å²) in [4.78, 5) is 23.4. The minimum Gasteiger partial charge on any atom is -0.481 e. The van der Waals surface area contributed by atoms with Gasteiger partial charge in [0.1, 0.15) is 5.76 Å². The van der Waals surface area contributed by atoms with Crippen molar-refractivity contribution in [2.24, 2.45) is 17.8 Å². The largest absolute Gasteiger partial charge is 0.481 e. The summed E-state index contributed by atoms with van der Waals surface area (Å²) in [6, 6.07) is 3.31. The zero-order valence-corrected chi connectivity index (χ0v) is 11.1. The molecule has 0 radical (unpaired) electrons. The molecule has 0 saturated heterocycles. The molecule has 1 aliphatic carbocycles. The van der Waals surface area contributed by atoms with Gasteiger partial charge in [-0.2, -0.15) is 0 Å². The monoisotopic (exact) mass is 265 g/mol. The molecule has 19 heavy (non-hydrogen) atoms. The maximum Gasteiger partial charge on any atom is 0.307 e. The summed E-state index contributed by atoms with van der Waals surface area (Å²) in [5.74, 6) is -1.14. The van der Waals surface area contributed by atoms with Crippen LogP contribution in [0, 0.1) is 17.8 Å². The number of carbonyl (C=O) groups excluding carboxylic acids is 1. The molecule has 1 aliphatic rings. The highest BCUT2D eigenvalue weighted by molar-refractivity contribution is 5.85. The molecule has 1 amide bonds. The molecule has 5 heteroatoms. The Bertz CT molecular complexity index is 454. The molecule has 3 unspecified atom stereocenters. The molecule has 0 aromatic carbocycles. The van der Waals surface area contributed by atoms with E-state index in [0.717, 1.165) is 0 Å². The maximum atomic E-state index is 12.2. The Morgan fingerprint density at radius 3 is 2.68 bits per heavy atom. The van der Waals surface area contributed by atoms with Gasteiger partial charge in [-0.05, 0) is 37.8 Å². The average molecular weight is 265 g/mol. The summed E-state index contributed by atoms with van der Waals surface area (Å²) in [5.41, 5.74) is 0. The van der Waals surface area contributed by atoms with Gasteiger partial charge in [-0.15, -0.1) is 0 Å². The van der Waals surface area contributed by atoms with Crippen molar-refractivity contribution < 1.29 is 19.1 Å². The van der Waals surface area contributed by atoms with Crippen LogP contribution in [0.4, 0.5) is 0 Å². The summed E-state index contributed by atoms with van der Waals surface area (Å²) in [6.45, 7) is 3.81. The molecule has 1 aromatic heterocycles. The highest BCUT2D eigenvalue weighted by Gasteiger charge is 2.41. The van der Waals surface area contributed by atoms with E-state index in [1.54, 1.807) is 18.4 Å². The second-order valence-corrected chi connectivity index (χ2v) is 5.37. The first kappa shape index (κ1) is 13.6. The predicted molar refractivity (Wildman–Crippen MR) is 68.3 cm³/mol. The van der Waals surface area contributed by atoms with Gasteiger partial charge in [-0.25, -0.2) is 0 Å². The quantitative estimate of drug-likeness (QED) is 0.874. The summed E-state index contributed by atoms with van der Waals surface area (Å²) >= 11 is 0. The standard InChI is InChI=1S/C14H19NO4/c1-8-6-10(11(7-8)14(17)18)13(16)15-9(2)12-4-3-5-19-12/h3-5,8-11H,6-7H2,1-2H3,(H,15,16)(H,17,18)/t8?,9-,10?,11?/m0/s1. The smallest absolute Gasteiger partial charge is 0.307 e. The van der Waals surface area contributed by atoms with Gasteiger partial charge in [0.05, 0.1) is 24.1 Å². The SMILES string of the molecule is CC1CC(C(=O)O)C(C(=O)N[C@@H](C)c2ccco2)C1. The van der Waals surface area contributed by atoms with Gasteiger partial charge in [0, 0.05) is 0 Å². The van der Waals surface area contributed by atoms with E-state index in [2.05, 4.69) is 5.32 Å². The molecule has 0 spiro atoms. The van der Waals surface area contributed by atoms with Crippen LogP contribution in [0.15, 0.2) is 22.8 Å². The van der Waals surface area contributed by atoms with Crippen molar-refractivity contribution in [2.45, 2.75) is 32.7 Å². The molecular formula is C14H19NO4. The number of carboxylic acid groups (broad SMARTS) is 1. The lowest BCUT2D eigenvalue weighted by Gasteiger charge is -2.18. The van der Waals surface area contributed by atoms with Crippen molar-refractivity contribution in [1.29, 1.82) is 0 Å². The minimum atomic E-state index is -0.879. The van der Waals surface area contributed by atoms with Crippen LogP contribution in [0.1, 0.15) is 38.5 Å². The first-order chi connectivity index (χ1) is 8.99. The Morgan fingerprint density at radius 2 is 2.11 bits per heavy atom. The van der Waals surface area contributed by atoms with Crippen molar-refractivity contribution in [3.8, 4) is 0 Å². The van der Waals surface area contributed by atoms with Gasteiger partial charge in [0.2, 0.25) is 5.91 Å². The lowest BCUT2D eigenvalue weighted by molar-refractivity contribution is -0.146. The lowest BCUT2D eigenvalue weighted by atomic mass is 9.95. The number of nitrogens with one attached hydrogen (secondary N) is 1. The third kappa shape index (κ3) is 2.97. The zero-order valence-electron chi connectivity index (χ0n) is 11.1. The van der Waals surface area contributed by atoms with Crippen LogP contribution < -0.4 is 5.32 Å². The summed E-state index contributed by atoms with van der Waals surface area (Å²) in [5, 5.41) is 12.0. The van der Waals surface area contributed by atoms with Crippen LogP contribution in [0.2, 0.25) is 0 Å². The zero-order chi connectivity index (χ0) is 14.0. The Kier molecular flexibility index (Phi) is 3.93. The number of rotatable bonds is 4. The fraction of sp³-hybridized carbons (Fsp3) is 0.571. The highest BCUT2D eigenvalue weighted by atomic mass is 16.4. The van der Waals surface area contributed by atoms with Crippen molar-refractivity contribution >= 4 is 11.9 Å². The number of carboxylic acids is 1. The molecule has 2 N–H and O–H groups in total. The Labute approximate surface area is 112 Å². The Morgan fingerprint density at radius 1 is 1.42 bits per heavy atom. The third-order valence-corrected chi connectivity index (χ3v) is 3.78. The van der Waals surface area contributed by atoms with Crippen molar-refractivity contribution in [2.75, 3.05) is 0 Å². The van der Waals surface area contributed by atoms with Crippen LogP contribution in [0.5, 0.6) is 0 Å². The number of furan rings is 1. The predicted octanol–water partition coefficient (Wildman–Crippen LogP) is 2.20. The number of aliphatic carboxylic acids is 1.